The summed E-state index contributed by atoms with van der Waals surface area (Å²) in [7, 11) is 0. The van der Waals surface area contributed by atoms with Gasteiger partial charge in [0.15, 0.2) is 0 Å². The molecule has 0 aromatic heterocycles. The van der Waals surface area contributed by atoms with Gasteiger partial charge >= 0.3 is 0 Å². The Morgan fingerprint density at radius 3 is 2.36 bits per heavy atom. The molecule has 0 heterocycles. The molecule has 2 nitrogen and oxygen atoms in total. The summed E-state index contributed by atoms with van der Waals surface area (Å²) >= 11 is 0. The molecule has 0 radical (unpaired) electrons. The molecule has 2 saturated carbocycles. The molecule has 0 aromatic carbocycles. The SMILES string of the molecule is CC(=O)C1[C@@H]2CC[C@@H](C2)[C@H]1O. The second-order valence-electron chi connectivity index (χ2n) is 3.96. The minimum atomic E-state index is -0.314. The fourth-order valence-corrected chi connectivity index (χ4v) is 2.83. The molecule has 0 amide bonds. The lowest BCUT2D eigenvalue weighted by Crippen LogP contribution is -2.32. The number of aliphatic hydroxyl groups excluding tert-OH is 1. The summed E-state index contributed by atoms with van der Waals surface area (Å²) in [5.41, 5.74) is 0. The van der Waals surface area contributed by atoms with Crippen LogP contribution in [0, 0.1) is 17.8 Å². The van der Waals surface area contributed by atoms with Crippen LogP contribution in [-0.4, -0.2) is 17.0 Å². The summed E-state index contributed by atoms with van der Waals surface area (Å²) < 4.78 is 0. The molecule has 0 saturated heterocycles. The fraction of sp³-hybridized carbons (Fsp3) is 0.889. The van der Waals surface area contributed by atoms with Crippen LogP contribution in [0.1, 0.15) is 26.2 Å². The van der Waals surface area contributed by atoms with Gasteiger partial charge in [-0.25, -0.2) is 0 Å². The van der Waals surface area contributed by atoms with Crippen LogP contribution in [0.5, 0.6) is 0 Å². The molecule has 0 aliphatic heterocycles. The van der Waals surface area contributed by atoms with Gasteiger partial charge in [0.05, 0.1) is 6.10 Å². The van der Waals surface area contributed by atoms with Crippen molar-refractivity contribution in [2.24, 2.45) is 17.8 Å². The van der Waals surface area contributed by atoms with E-state index in [4.69, 9.17) is 0 Å². The van der Waals surface area contributed by atoms with Crippen molar-refractivity contribution in [2.75, 3.05) is 0 Å². The maximum atomic E-state index is 11.1. The predicted octanol–water partition coefficient (Wildman–Crippen LogP) is 0.982. The van der Waals surface area contributed by atoms with Gasteiger partial charge in [-0.15, -0.1) is 0 Å². The first kappa shape index (κ1) is 7.29. The summed E-state index contributed by atoms with van der Waals surface area (Å²) in [6.45, 7) is 1.61. The second-order valence-corrected chi connectivity index (χ2v) is 3.96. The highest BCUT2D eigenvalue weighted by Gasteiger charge is 2.48. The van der Waals surface area contributed by atoms with E-state index in [1.807, 2.05) is 0 Å². The average Bonchev–Trinajstić information content (AvgIpc) is 2.44. The van der Waals surface area contributed by atoms with Crippen molar-refractivity contribution in [3.05, 3.63) is 0 Å². The van der Waals surface area contributed by atoms with Crippen molar-refractivity contribution in [2.45, 2.75) is 32.3 Å². The minimum Gasteiger partial charge on any atom is -0.392 e. The first-order valence-electron chi connectivity index (χ1n) is 4.38. The van der Waals surface area contributed by atoms with Gasteiger partial charge in [-0.3, -0.25) is 4.79 Å². The van der Waals surface area contributed by atoms with Crippen LogP contribution in [0.4, 0.5) is 0 Å². The normalized spacial score (nSPS) is 48.2. The van der Waals surface area contributed by atoms with E-state index in [0.717, 1.165) is 19.3 Å². The summed E-state index contributed by atoms with van der Waals surface area (Å²) in [6.07, 6.45) is 3.07. The van der Waals surface area contributed by atoms with Gasteiger partial charge in [-0.1, -0.05) is 0 Å². The van der Waals surface area contributed by atoms with Crippen molar-refractivity contribution in [3.63, 3.8) is 0 Å². The second kappa shape index (κ2) is 2.31. The molecule has 2 aliphatic carbocycles. The zero-order chi connectivity index (χ0) is 8.01. The quantitative estimate of drug-likeness (QED) is 0.611. The van der Waals surface area contributed by atoms with E-state index >= 15 is 0 Å². The summed E-state index contributed by atoms with van der Waals surface area (Å²) in [5, 5.41) is 9.63. The van der Waals surface area contributed by atoms with E-state index in [1.165, 1.54) is 0 Å². The van der Waals surface area contributed by atoms with Gasteiger partial charge in [0.25, 0.3) is 0 Å². The highest BCUT2D eigenvalue weighted by molar-refractivity contribution is 5.79. The lowest BCUT2D eigenvalue weighted by molar-refractivity contribution is -0.126. The Bertz CT molecular complexity index is 186. The third-order valence-electron chi connectivity index (χ3n) is 3.34. The van der Waals surface area contributed by atoms with Gasteiger partial charge in [0.2, 0.25) is 0 Å². The fourth-order valence-electron chi connectivity index (χ4n) is 2.83. The number of ketones is 1. The topological polar surface area (TPSA) is 37.3 Å². The van der Waals surface area contributed by atoms with Crippen LogP contribution >= 0.6 is 0 Å². The van der Waals surface area contributed by atoms with Crippen molar-refractivity contribution < 1.29 is 9.90 Å². The lowest BCUT2D eigenvalue weighted by atomic mass is 9.84. The van der Waals surface area contributed by atoms with E-state index in [2.05, 4.69) is 0 Å². The van der Waals surface area contributed by atoms with Crippen molar-refractivity contribution in [3.8, 4) is 0 Å². The first-order valence-corrected chi connectivity index (χ1v) is 4.38. The Balaban J connectivity index is 2.17. The van der Waals surface area contributed by atoms with Crippen molar-refractivity contribution in [1.29, 1.82) is 0 Å². The number of carbonyl (C=O) groups is 1. The number of fused-ring (bicyclic) bond motifs is 2. The number of rotatable bonds is 1. The number of hydrogen-bond donors (Lipinski definition) is 1. The summed E-state index contributed by atoms with van der Waals surface area (Å²) in [4.78, 5) is 11.1. The smallest absolute Gasteiger partial charge is 0.135 e. The Labute approximate surface area is 66.6 Å². The number of Topliss-reactive ketones (excluding diaryl/α,β-unsaturated/α-hetero) is 1. The molecule has 2 bridgehead atoms. The lowest BCUT2D eigenvalue weighted by Gasteiger charge is -2.24. The number of hydrogen-bond acceptors (Lipinski definition) is 2. The van der Waals surface area contributed by atoms with Gasteiger partial charge < -0.3 is 5.11 Å². The molecular weight excluding hydrogens is 140 g/mol. The predicted molar refractivity (Wildman–Crippen MR) is 41.0 cm³/mol. The standard InChI is InChI=1S/C9H14O2/c1-5(10)8-6-2-3-7(4-6)9(8)11/h6-9,11H,2-4H2,1H3/t6-,7+,8?,9-/m1/s1. The zero-order valence-corrected chi connectivity index (χ0v) is 6.79. The molecule has 1 unspecified atom stereocenters. The van der Waals surface area contributed by atoms with Crippen LogP contribution < -0.4 is 0 Å². The average molecular weight is 154 g/mol. The Morgan fingerprint density at radius 1 is 1.36 bits per heavy atom. The van der Waals surface area contributed by atoms with Gasteiger partial charge in [-0.05, 0) is 38.0 Å². The van der Waals surface area contributed by atoms with Gasteiger partial charge in [0.1, 0.15) is 5.78 Å². The molecule has 62 valence electrons. The van der Waals surface area contributed by atoms with Crippen LogP contribution in [0.15, 0.2) is 0 Å². The Kier molecular flexibility index (Phi) is 1.53. The maximum Gasteiger partial charge on any atom is 0.135 e. The summed E-state index contributed by atoms with van der Waals surface area (Å²) in [6, 6.07) is 0. The molecule has 2 fully saturated rings. The third-order valence-corrected chi connectivity index (χ3v) is 3.34. The number of aliphatic hydroxyl groups is 1. The van der Waals surface area contributed by atoms with Crippen LogP contribution in [0.2, 0.25) is 0 Å². The molecule has 0 spiro atoms. The molecule has 11 heavy (non-hydrogen) atoms. The molecule has 0 aromatic rings. The van der Waals surface area contributed by atoms with Crippen LogP contribution in [-0.2, 0) is 4.79 Å². The third kappa shape index (κ3) is 0.924. The first-order chi connectivity index (χ1) is 5.20. The maximum absolute atomic E-state index is 11.1. The molecular formula is C9H14O2. The minimum absolute atomic E-state index is 0.0197. The van der Waals surface area contributed by atoms with Crippen molar-refractivity contribution >= 4 is 5.78 Å². The van der Waals surface area contributed by atoms with E-state index in [-0.39, 0.29) is 17.8 Å². The van der Waals surface area contributed by atoms with Gasteiger partial charge in [0, 0.05) is 5.92 Å². The van der Waals surface area contributed by atoms with Crippen LogP contribution in [0.25, 0.3) is 0 Å². The van der Waals surface area contributed by atoms with E-state index < -0.39 is 0 Å². The van der Waals surface area contributed by atoms with Crippen molar-refractivity contribution in [1.82, 2.24) is 0 Å². The number of carbonyl (C=O) groups excluding carboxylic acids is 1. The largest absolute Gasteiger partial charge is 0.392 e. The van der Waals surface area contributed by atoms with E-state index in [1.54, 1.807) is 6.92 Å². The molecule has 2 heteroatoms. The molecule has 1 N–H and O–H groups in total. The van der Waals surface area contributed by atoms with E-state index in [0.29, 0.717) is 11.8 Å². The van der Waals surface area contributed by atoms with E-state index in [9.17, 15) is 9.90 Å². The highest BCUT2D eigenvalue weighted by Crippen LogP contribution is 2.48. The Hall–Kier alpha value is -0.370. The Morgan fingerprint density at radius 2 is 2.00 bits per heavy atom. The molecule has 2 rings (SSSR count). The highest BCUT2D eigenvalue weighted by atomic mass is 16.3. The van der Waals surface area contributed by atoms with Crippen LogP contribution in [0.3, 0.4) is 0 Å². The summed E-state index contributed by atoms with van der Waals surface area (Å²) in [5.74, 6) is 1.11. The zero-order valence-electron chi connectivity index (χ0n) is 6.79. The monoisotopic (exact) mass is 154 g/mol. The molecule has 4 atom stereocenters. The molecule has 2 aliphatic rings. The van der Waals surface area contributed by atoms with Gasteiger partial charge in [-0.2, -0.15) is 0 Å².